The van der Waals surface area contributed by atoms with E-state index in [2.05, 4.69) is 22.9 Å². The molecule has 1 heterocycles. The van der Waals surface area contributed by atoms with E-state index >= 15 is 0 Å². The summed E-state index contributed by atoms with van der Waals surface area (Å²) in [6.07, 6.45) is 7.74. The molecule has 1 saturated carbocycles. The number of hydroxylamine groups is 1. The molecule has 0 aromatic heterocycles. The average Bonchev–Trinajstić information content (AvgIpc) is 3.34. The third-order valence-corrected chi connectivity index (χ3v) is 5.11. The fourth-order valence-corrected chi connectivity index (χ4v) is 3.51. The van der Waals surface area contributed by atoms with Crippen LogP contribution in [-0.4, -0.2) is 30.9 Å². The van der Waals surface area contributed by atoms with E-state index in [4.69, 9.17) is 9.68 Å². The Bertz CT molecular complexity index is 626. The van der Waals surface area contributed by atoms with E-state index in [0.717, 1.165) is 37.2 Å². The Morgan fingerprint density at radius 3 is 2.88 bits per heavy atom. The van der Waals surface area contributed by atoms with Gasteiger partial charge >= 0.3 is 0 Å². The first-order valence-corrected chi connectivity index (χ1v) is 9.73. The Hall–Kier alpha value is -2.08. The fraction of sp³-hybridized carbons (Fsp3) is 0.600. The van der Waals surface area contributed by atoms with Crippen LogP contribution in [0.2, 0.25) is 0 Å². The topological polar surface area (TPSA) is 72.0 Å². The van der Waals surface area contributed by atoms with E-state index < -0.39 is 0 Å². The van der Waals surface area contributed by atoms with E-state index in [9.17, 15) is 4.79 Å². The predicted molar refractivity (Wildman–Crippen MR) is 102 cm³/mol. The second-order valence-corrected chi connectivity index (χ2v) is 7.10. The van der Waals surface area contributed by atoms with Gasteiger partial charge in [-0.3, -0.25) is 9.63 Å². The molecule has 0 radical (unpaired) electrons. The average molecular weight is 359 g/mol. The van der Waals surface area contributed by atoms with Gasteiger partial charge in [0.2, 0.25) is 0 Å². The van der Waals surface area contributed by atoms with Crippen molar-refractivity contribution in [1.29, 1.82) is 0 Å². The first-order chi connectivity index (χ1) is 12.8. The molecule has 1 amide bonds. The Morgan fingerprint density at radius 2 is 2.12 bits per heavy atom. The van der Waals surface area contributed by atoms with Crippen LogP contribution in [0.5, 0.6) is 0 Å². The largest absolute Gasteiger partial charge is 0.392 e. The van der Waals surface area contributed by atoms with Gasteiger partial charge in [0.15, 0.2) is 0 Å². The first kappa shape index (κ1) is 18.7. The molecule has 6 nitrogen and oxygen atoms in total. The van der Waals surface area contributed by atoms with Gasteiger partial charge in [0.1, 0.15) is 6.10 Å². The zero-order valence-corrected chi connectivity index (χ0v) is 15.5. The van der Waals surface area contributed by atoms with Crippen LogP contribution in [-0.2, 0) is 9.68 Å². The van der Waals surface area contributed by atoms with Gasteiger partial charge in [0, 0.05) is 25.1 Å². The monoisotopic (exact) mass is 359 g/mol. The van der Waals surface area contributed by atoms with Crippen molar-refractivity contribution in [2.24, 2.45) is 11.1 Å². The van der Waals surface area contributed by atoms with Crippen LogP contribution >= 0.6 is 0 Å². The number of anilines is 1. The van der Waals surface area contributed by atoms with Crippen LogP contribution in [0.15, 0.2) is 29.4 Å². The van der Waals surface area contributed by atoms with Gasteiger partial charge in [-0.15, -0.1) is 0 Å². The number of carbonyl (C=O) groups is 1. The lowest BCUT2D eigenvalue weighted by Gasteiger charge is -2.14. The quantitative estimate of drug-likeness (QED) is 0.656. The maximum Gasteiger partial charge on any atom is 0.276 e. The van der Waals surface area contributed by atoms with Gasteiger partial charge in [-0.05, 0) is 37.3 Å². The molecule has 142 valence electrons. The van der Waals surface area contributed by atoms with Gasteiger partial charge in [-0.25, -0.2) is 5.48 Å². The number of oxime groups is 1. The van der Waals surface area contributed by atoms with Crippen molar-refractivity contribution in [1.82, 2.24) is 5.48 Å². The molecule has 1 aromatic rings. The highest BCUT2D eigenvalue weighted by Gasteiger charge is 2.20. The molecule has 1 aromatic carbocycles. The molecule has 0 spiro atoms. The van der Waals surface area contributed by atoms with E-state index in [0.29, 0.717) is 18.1 Å². The maximum absolute atomic E-state index is 12.4. The van der Waals surface area contributed by atoms with Crippen molar-refractivity contribution in [3.8, 4) is 0 Å². The Labute approximate surface area is 155 Å². The summed E-state index contributed by atoms with van der Waals surface area (Å²) in [6, 6.07) is 7.50. The molecule has 1 atom stereocenters. The van der Waals surface area contributed by atoms with Gasteiger partial charge < -0.3 is 10.2 Å². The lowest BCUT2D eigenvalue weighted by Crippen LogP contribution is -2.27. The van der Waals surface area contributed by atoms with Crippen LogP contribution in [0, 0.1) is 5.92 Å². The highest BCUT2D eigenvalue weighted by atomic mass is 16.7. The molecule has 2 N–H and O–H groups in total. The maximum atomic E-state index is 12.4. The third-order valence-electron chi connectivity index (χ3n) is 5.11. The molecule has 1 fully saturated rings. The molecular weight excluding hydrogens is 330 g/mol. The lowest BCUT2D eigenvalue weighted by molar-refractivity contribution is 0.0172. The van der Waals surface area contributed by atoms with Gasteiger partial charge in [-0.2, -0.15) is 0 Å². The second kappa shape index (κ2) is 9.57. The molecule has 0 saturated heterocycles. The highest BCUT2D eigenvalue weighted by molar-refractivity contribution is 5.99. The predicted octanol–water partition coefficient (Wildman–Crippen LogP) is 3.90. The van der Waals surface area contributed by atoms with E-state index in [1.165, 1.54) is 25.7 Å². The molecule has 1 aliphatic carbocycles. The Kier molecular flexibility index (Phi) is 6.89. The van der Waals surface area contributed by atoms with Crippen LogP contribution in [0.1, 0.15) is 62.2 Å². The van der Waals surface area contributed by atoms with E-state index in [1.807, 2.05) is 18.2 Å². The summed E-state index contributed by atoms with van der Waals surface area (Å²) in [5.74, 6) is 0.366. The summed E-state index contributed by atoms with van der Waals surface area (Å²) in [5.41, 5.74) is 5.11. The van der Waals surface area contributed by atoms with Gasteiger partial charge in [-0.1, -0.05) is 37.1 Å². The Balaban J connectivity index is 1.43. The number of hydrogen-bond acceptors (Lipinski definition) is 5. The zero-order chi connectivity index (χ0) is 18.2. The minimum absolute atomic E-state index is 0.133. The molecular formula is C20H29N3O3. The standard InChI is InChI=1S/C20H29N3O3/c1-2-16-13-17(26-22-16)11-12-21-19-10-6-5-9-18(19)20(24)23-25-14-15-7-3-4-8-15/h5-6,9-10,15,17,21H,2-4,7-8,11-14H2,1H3,(H,23,24). The summed E-state index contributed by atoms with van der Waals surface area (Å²) >= 11 is 0. The lowest BCUT2D eigenvalue weighted by atomic mass is 10.1. The SMILES string of the molecule is CCC1=NOC(CCNc2ccccc2C(=O)NOCC2CCCC2)C1. The molecule has 6 heteroatoms. The highest BCUT2D eigenvalue weighted by Crippen LogP contribution is 2.24. The van der Waals surface area contributed by atoms with Crippen LogP contribution in [0.25, 0.3) is 0 Å². The molecule has 1 aliphatic heterocycles. The van der Waals surface area contributed by atoms with Crippen LogP contribution < -0.4 is 10.8 Å². The smallest absolute Gasteiger partial charge is 0.276 e. The molecule has 1 unspecified atom stereocenters. The summed E-state index contributed by atoms with van der Waals surface area (Å²) < 4.78 is 0. The number of hydrogen-bond donors (Lipinski definition) is 2. The number of para-hydroxylation sites is 1. The first-order valence-electron chi connectivity index (χ1n) is 9.73. The molecule has 26 heavy (non-hydrogen) atoms. The van der Waals surface area contributed by atoms with E-state index in [1.54, 1.807) is 6.07 Å². The van der Waals surface area contributed by atoms with Crippen LogP contribution in [0.4, 0.5) is 5.69 Å². The molecule has 2 aliphatic rings. The minimum Gasteiger partial charge on any atom is -0.392 e. The number of rotatable bonds is 9. The van der Waals surface area contributed by atoms with Crippen molar-refractivity contribution in [2.45, 2.75) is 58.0 Å². The van der Waals surface area contributed by atoms with Crippen molar-refractivity contribution in [3.05, 3.63) is 29.8 Å². The fourth-order valence-electron chi connectivity index (χ4n) is 3.51. The summed E-state index contributed by atoms with van der Waals surface area (Å²) in [5, 5.41) is 7.42. The summed E-state index contributed by atoms with van der Waals surface area (Å²) in [7, 11) is 0. The normalized spacial score (nSPS) is 19.9. The minimum atomic E-state index is -0.209. The third kappa shape index (κ3) is 5.21. The number of nitrogens with zero attached hydrogens (tertiary/aromatic N) is 1. The number of nitrogens with one attached hydrogen (secondary N) is 2. The molecule has 3 rings (SSSR count). The number of carbonyl (C=O) groups excluding carboxylic acids is 1. The van der Waals surface area contributed by atoms with Crippen molar-refractivity contribution in [3.63, 3.8) is 0 Å². The second-order valence-electron chi connectivity index (χ2n) is 7.10. The van der Waals surface area contributed by atoms with E-state index in [-0.39, 0.29) is 12.0 Å². The van der Waals surface area contributed by atoms with Crippen molar-refractivity contribution < 1.29 is 14.5 Å². The van der Waals surface area contributed by atoms with Crippen molar-refractivity contribution in [2.75, 3.05) is 18.5 Å². The number of amides is 1. The summed E-state index contributed by atoms with van der Waals surface area (Å²) in [6.45, 7) is 3.41. The Morgan fingerprint density at radius 1 is 1.31 bits per heavy atom. The van der Waals surface area contributed by atoms with Crippen molar-refractivity contribution >= 4 is 17.3 Å². The van der Waals surface area contributed by atoms with Gasteiger partial charge in [0.25, 0.3) is 5.91 Å². The molecule has 0 bridgehead atoms. The van der Waals surface area contributed by atoms with Gasteiger partial charge in [0.05, 0.1) is 17.9 Å². The number of benzene rings is 1. The zero-order valence-electron chi connectivity index (χ0n) is 15.5. The summed E-state index contributed by atoms with van der Waals surface area (Å²) in [4.78, 5) is 23.3. The van der Waals surface area contributed by atoms with Crippen LogP contribution in [0.3, 0.4) is 0 Å².